The van der Waals surface area contributed by atoms with Crippen molar-refractivity contribution in [2.24, 2.45) is 0 Å². The first kappa shape index (κ1) is 17.4. The third-order valence-electron chi connectivity index (χ3n) is 3.97. The zero-order valence-electron chi connectivity index (χ0n) is 13.5. The summed E-state index contributed by atoms with van der Waals surface area (Å²) in [6, 6.07) is 4.41. The van der Waals surface area contributed by atoms with Gasteiger partial charge in [0.1, 0.15) is 5.82 Å². The molecule has 23 heavy (non-hydrogen) atoms. The number of nitrogens with zero attached hydrogens (tertiary/aromatic N) is 1. The number of ether oxygens (including phenoxy) is 2. The highest BCUT2D eigenvalue weighted by Crippen LogP contribution is 2.17. The van der Waals surface area contributed by atoms with E-state index in [-0.39, 0.29) is 36.5 Å². The number of carbonyl (C=O) groups excluding carboxylic acids is 2. The van der Waals surface area contributed by atoms with Gasteiger partial charge >= 0.3 is 5.97 Å². The molecule has 1 unspecified atom stereocenters. The lowest BCUT2D eigenvalue weighted by Crippen LogP contribution is -2.39. The predicted molar refractivity (Wildman–Crippen MR) is 82.6 cm³/mol. The first-order valence-electron chi connectivity index (χ1n) is 7.75. The molecule has 6 heteroatoms. The number of halogens is 1. The lowest BCUT2D eigenvalue weighted by Gasteiger charge is -2.25. The fourth-order valence-corrected chi connectivity index (χ4v) is 2.55. The summed E-state index contributed by atoms with van der Waals surface area (Å²) >= 11 is 0. The zero-order valence-corrected chi connectivity index (χ0v) is 13.5. The maximum Gasteiger partial charge on any atom is 0.307 e. The molecule has 0 saturated carbocycles. The summed E-state index contributed by atoms with van der Waals surface area (Å²) in [5, 5.41) is 0. The summed E-state index contributed by atoms with van der Waals surface area (Å²) in [6.45, 7) is 2.94. The highest BCUT2D eigenvalue weighted by Gasteiger charge is 2.24. The SMILES string of the molecule is COC(=O)CCN(CC1CCCO1)C(=O)c1ccc(C)c(F)c1. The molecule has 1 aliphatic heterocycles. The molecule has 1 aromatic carbocycles. The molecule has 0 N–H and O–H groups in total. The van der Waals surface area contributed by atoms with Gasteiger partial charge in [0, 0.05) is 25.3 Å². The van der Waals surface area contributed by atoms with Crippen molar-refractivity contribution in [1.29, 1.82) is 0 Å². The molecule has 0 spiro atoms. The minimum atomic E-state index is -0.416. The number of aryl methyl sites for hydroxylation is 1. The Morgan fingerprint density at radius 2 is 2.22 bits per heavy atom. The average Bonchev–Trinajstić information content (AvgIpc) is 3.06. The molecule has 1 amide bonds. The zero-order chi connectivity index (χ0) is 16.8. The number of hydrogen-bond acceptors (Lipinski definition) is 4. The molecule has 1 fully saturated rings. The Morgan fingerprint density at radius 1 is 1.43 bits per heavy atom. The van der Waals surface area contributed by atoms with Crippen LogP contribution in [-0.2, 0) is 14.3 Å². The van der Waals surface area contributed by atoms with E-state index in [0.717, 1.165) is 12.8 Å². The van der Waals surface area contributed by atoms with Gasteiger partial charge in [0.15, 0.2) is 0 Å². The van der Waals surface area contributed by atoms with Crippen LogP contribution in [0.25, 0.3) is 0 Å². The highest BCUT2D eigenvalue weighted by molar-refractivity contribution is 5.94. The Morgan fingerprint density at radius 3 is 2.83 bits per heavy atom. The van der Waals surface area contributed by atoms with E-state index in [4.69, 9.17) is 4.74 Å². The third-order valence-corrected chi connectivity index (χ3v) is 3.97. The molecule has 0 aromatic heterocycles. The molecule has 1 atom stereocenters. The fourth-order valence-electron chi connectivity index (χ4n) is 2.55. The maximum atomic E-state index is 13.7. The van der Waals surface area contributed by atoms with Gasteiger partial charge in [-0.1, -0.05) is 6.07 Å². The second kappa shape index (κ2) is 8.06. The smallest absolute Gasteiger partial charge is 0.307 e. The van der Waals surface area contributed by atoms with Gasteiger partial charge in [-0.2, -0.15) is 0 Å². The Labute approximate surface area is 135 Å². The van der Waals surface area contributed by atoms with Crippen LogP contribution in [0.15, 0.2) is 18.2 Å². The minimum Gasteiger partial charge on any atom is -0.469 e. The van der Waals surface area contributed by atoms with Gasteiger partial charge < -0.3 is 14.4 Å². The van der Waals surface area contributed by atoms with Crippen LogP contribution in [-0.4, -0.2) is 49.7 Å². The van der Waals surface area contributed by atoms with Crippen LogP contribution in [0.3, 0.4) is 0 Å². The number of methoxy groups -OCH3 is 1. The maximum absolute atomic E-state index is 13.7. The van der Waals surface area contributed by atoms with E-state index in [1.165, 1.54) is 18.1 Å². The topological polar surface area (TPSA) is 55.8 Å². The van der Waals surface area contributed by atoms with Gasteiger partial charge in [-0.3, -0.25) is 9.59 Å². The van der Waals surface area contributed by atoms with E-state index < -0.39 is 5.82 Å². The van der Waals surface area contributed by atoms with Crippen LogP contribution in [0.5, 0.6) is 0 Å². The highest BCUT2D eigenvalue weighted by atomic mass is 19.1. The molecule has 0 radical (unpaired) electrons. The van der Waals surface area contributed by atoms with E-state index >= 15 is 0 Å². The number of amides is 1. The standard InChI is InChI=1S/C17H22FNO4/c1-12-5-6-13(10-15(12)18)17(21)19(8-7-16(20)22-2)11-14-4-3-9-23-14/h5-6,10,14H,3-4,7-9,11H2,1-2H3. The van der Waals surface area contributed by atoms with Crippen LogP contribution < -0.4 is 0 Å². The van der Waals surface area contributed by atoms with Crippen LogP contribution in [0.4, 0.5) is 4.39 Å². The van der Waals surface area contributed by atoms with E-state index in [1.807, 2.05) is 0 Å². The van der Waals surface area contributed by atoms with Gasteiger partial charge in [-0.15, -0.1) is 0 Å². The van der Waals surface area contributed by atoms with Crippen LogP contribution in [0.2, 0.25) is 0 Å². The molecule has 0 bridgehead atoms. The summed E-state index contributed by atoms with van der Waals surface area (Å²) in [5.74, 6) is -1.10. The Bertz CT molecular complexity index is 570. The second-order valence-corrected chi connectivity index (χ2v) is 5.68. The Hall–Kier alpha value is -1.95. The largest absolute Gasteiger partial charge is 0.469 e. The van der Waals surface area contributed by atoms with Crippen molar-refractivity contribution in [2.75, 3.05) is 26.8 Å². The molecule has 1 aromatic rings. The van der Waals surface area contributed by atoms with Gasteiger partial charge in [0.05, 0.1) is 19.6 Å². The number of carbonyl (C=O) groups is 2. The molecule has 1 saturated heterocycles. The third kappa shape index (κ3) is 4.76. The number of benzene rings is 1. The molecular weight excluding hydrogens is 301 g/mol. The quantitative estimate of drug-likeness (QED) is 0.754. The van der Waals surface area contributed by atoms with Crippen molar-refractivity contribution in [3.8, 4) is 0 Å². The summed E-state index contributed by atoms with van der Waals surface area (Å²) in [5.41, 5.74) is 0.762. The lowest BCUT2D eigenvalue weighted by molar-refractivity contribution is -0.140. The van der Waals surface area contributed by atoms with Crippen molar-refractivity contribution in [3.05, 3.63) is 35.1 Å². The van der Waals surface area contributed by atoms with Gasteiger partial charge in [0.25, 0.3) is 5.91 Å². The van der Waals surface area contributed by atoms with Gasteiger partial charge in [-0.05, 0) is 37.5 Å². The molecule has 1 aliphatic rings. The fraction of sp³-hybridized carbons (Fsp3) is 0.529. The predicted octanol–water partition coefficient (Wildman–Crippen LogP) is 2.32. The molecule has 1 heterocycles. The number of hydrogen-bond donors (Lipinski definition) is 0. The van der Waals surface area contributed by atoms with Crippen molar-refractivity contribution in [3.63, 3.8) is 0 Å². The van der Waals surface area contributed by atoms with Crippen LogP contribution >= 0.6 is 0 Å². The van der Waals surface area contributed by atoms with Gasteiger partial charge in [0.2, 0.25) is 0 Å². The van der Waals surface area contributed by atoms with Crippen molar-refractivity contribution in [1.82, 2.24) is 4.90 Å². The van der Waals surface area contributed by atoms with Gasteiger partial charge in [-0.25, -0.2) is 4.39 Å². The van der Waals surface area contributed by atoms with Crippen molar-refractivity contribution >= 4 is 11.9 Å². The van der Waals surface area contributed by atoms with E-state index in [0.29, 0.717) is 18.7 Å². The molecule has 2 rings (SSSR count). The molecule has 0 aliphatic carbocycles. The second-order valence-electron chi connectivity index (χ2n) is 5.68. The summed E-state index contributed by atoms with van der Waals surface area (Å²) in [7, 11) is 1.31. The monoisotopic (exact) mass is 323 g/mol. The van der Waals surface area contributed by atoms with Crippen LogP contribution in [0, 0.1) is 12.7 Å². The number of esters is 1. The van der Waals surface area contributed by atoms with Crippen molar-refractivity contribution < 1.29 is 23.5 Å². The molecule has 5 nitrogen and oxygen atoms in total. The summed E-state index contributed by atoms with van der Waals surface area (Å²) < 4.78 is 23.9. The molecule has 126 valence electrons. The summed E-state index contributed by atoms with van der Waals surface area (Å²) in [6.07, 6.45) is 1.91. The Kier molecular flexibility index (Phi) is 6.10. The van der Waals surface area contributed by atoms with Crippen molar-refractivity contribution in [2.45, 2.75) is 32.3 Å². The molecular formula is C17H22FNO4. The Balaban J connectivity index is 2.10. The number of rotatable bonds is 6. The van der Waals surface area contributed by atoms with E-state index in [1.54, 1.807) is 19.1 Å². The van der Waals surface area contributed by atoms with E-state index in [9.17, 15) is 14.0 Å². The first-order valence-corrected chi connectivity index (χ1v) is 7.75. The lowest BCUT2D eigenvalue weighted by atomic mass is 10.1. The minimum absolute atomic E-state index is 0.0353. The first-order chi connectivity index (χ1) is 11.0. The average molecular weight is 323 g/mol. The summed E-state index contributed by atoms with van der Waals surface area (Å²) in [4.78, 5) is 25.5. The van der Waals surface area contributed by atoms with Crippen LogP contribution in [0.1, 0.15) is 35.2 Å². The van der Waals surface area contributed by atoms with E-state index in [2.05, 4.69) is 4.74 Å². The normalized spacial score (nSPS) is 17.1.